The van der Waals surface area contributed by atoms with E-state index in [4.69, 9.17) is 14.2 Å². The molecule has 0 aromatic heterocycles. The number of methoxy groups -OCH3 is 1. The topological polar surface area (TPSA) is 65.0 Å². The number of fused-ring (bicyclic) bond motifs is 5. The van der Waals surface area contributed by atoms with E-state index in [0.717, 1.165) is 50.7 Å². The first kappa shape index (κ1) is 21.1. The predicted octanol–water partition coefficient (Wildman–Crippen LogP) is 4.47. The Labute approximate surface area is 190 Å². The lowest BCUT2D eigenvalue weighted by molar-refractivity contribution is -0.257. The summed E-state index contributed by atoms with van der Waals surface area (Å²) in [5.74, 6) is 2.58. The molecule has 6 rings (SSSR count). The molecule has 0 unspecified atom stereocenters. The summed E-state index contributed by atoms with van der Waals surface area (Å²) < 4.78 is 17.5. The van der Waals surface area contributed by atoms with Gasteiger partial charge in [0.05, 0.1) is 25.9 Å². The number of rotatable bonds is 2. The minimum atomic E-state index is -0.745. The standard InChI is InChI=1S/C27H36O5/c1-25-15-20(17-3-5-18(30-2)6-4-17)24-19(21(25)7-8-23(25)28)9-11-26(29)16-27(12-10-22(24)26)31-13-14-32-27/h3-6,19-22,24,29H,7-16H2,1-2H3/t19-,20+,21-,22+,24+,25-,26+/m0/s1. The first-order valence-electron chi connectivity index (χ1n) is 12.6. The van der Waals surface area contributed by atoms with Gasteiger partial charge in [-0.3, -0.25) is 4.79 Å². The van der Waals surface area contributed by atoms with E-state index in [0.29, 0.717) is 43.2 Å². The third-order valence-electron chi connectivity index (χ3n) is 10.1. The fourth-order valence-electron chi connectivity index (χ4n) is 8.69. The van der Waals surface area contributed by atoms with Gasteiger partial charge in [-0.15, -0.1) is 0 Å². The summed E-state index contributed by atoms with van der Waals surface area (Å²) in [4.78, 5) is 13.1. The number of ketones is 1. The highest BCUT2D eigenvalue weighted by Gasteiger charge is 2.64. The van der Waals surface area contributed by atoms with Crippen molar-refractivity contribution in [3.63, 3.8) is 0 Å². The second-order valence-electron chi connectivity index (χ2n) is 11.4. The Balaban J connectivity index is 1.39. The molecule has 0 radical (unpaired) electrons. The summed E-state index contributed by atoms with van der Waals surface area (Å²) in [5.41, 5.74) is 0.317. The van der Waals surface area contributed by atoms with Crippen LogP contribution in [-0.4, -0.2) is 42.6 Å². The van der Waals surface area contributed by atoms with Crippen LogP contribution in [0.25, 0.3) is 0 Å². The van der Waals surface area contributed by atoms with Crippen molar-refractivity contribution in [1.82, 2.24) is 0 Å². The van der Waals surface area contributed by atoms with E-state index in [1.165, 1.54) is 5.56 Å². The Hall–Kier alpha value is -1.43. The van der Waals surface area contributed by atoms with E-state index < -0.39 is 11.4 Å². The van der Waals surface area contributed by atoms with Crippen molar-refractivity contribution in [2.24, 2.45) is 29.1 Å². The fourth-order valence-corrected chi connectivity index (χ4v) is 8.69. The van der Waals surface area contributed by atoms with Gasteiger partial charge < -0.3 is 19.3 Å². The normalized spacial score (nSPS) is 44.7. The maximum Gasteiger partial charge on any atom is 0.171 e. The van der Waals surface area contributed by atoms with Crippen molar-refractivity contribution in [2.75, 3.05) is 20.3 Å². The van der Waals surface area contributed by atoms with Gasteiger partial charge in [0, 0.05) is 24.7 Å². The molecular weight excluding hydrogens is 404 g/mol. The molecule has 32 heavy (non-hydrogen) atoms. The highest BCUT2D eigenvalue weighted by molar-refractivity contribution is 5.87. The lowest BCUT2D eigenvalue weighted by atomic mass is 9.45. The fraction of sp³-hybridized carbons (Fsp3) is 0.741. The van der Waals surface area contributed by atoms with Gasteiger partial charge in [-0.05, 0) is 79.4 Å². The van der Waals surface area contributed by atoms with Crippen molar-refractivity contribution in [1.29, 1.82) is 0 Å². The zero-order valence-electron chi connectivity index (χ0n) is 19.3. The van der Waals surface area contributed by atoms with Crippen LogP contribution in [0.4, 0.5) is 0 Å². The molecule has 1 aromatic rings. The molecule has 1 N–H and O–H groups in total. The summed E-state index contributed by atoms with van der Waals surface area (Å²) in [6.07, 6.45) is 6.81. The Morgan fingerprint density at radius 2 is 1.78 bits per heavy atom. The lowest BCUT2D eigenvalue weighted by Crippen LogP contribution is -2.61. The Morgan fingerprint density at radius 1 is 1.03 bits per heavy atom. The largest absolute Gasteiger partial charge is 0.497 e. The van der Waals surface area contributed by atoms with Gasteiger partial charge >= 0.3 is 0 Å². The van der Waals surface area contributed by atoms with Gasteiger partial charge in [0.25, 0.3) is 0 Å². The van der Waals surface area contributed by atoms with Crippen LogP contribution >= 0.6 is 0 Å². The summed E-state index contributed by atoms with van der Waals surface area (Å²) in [7, 11) is 1.70. The van der Waals surface area contributed by atoms with E-state index in [-0.39, 0.29) is 17.3 Å². The van der Waals surface area contributed by atoms with E-state index in [1.807, 2.05) is 12.1 Å². The maximum atomic E-state index is 13.1. The molecule has 5 heteroatoms. The summed E-state index contributed by atoms with van der Waals surface area (Å²) in [6.45, 7) is 3.49. The average Bonchev–Trinajstić information content (AvgIpc) is 3.36. The number of benzene rings is 1. The number of ether oxygens (including phenoxy) is 3. The minimum Gasteiger partial charge on any atom is -0.497 e. The molecule has 4 aliphatic carbocycles. The molecule has 0 bridgehead atoms. The van der Waals surface area contributed by atoms with Crippen LogP contribution in [0.2, 0.25) is 0 Å². The van der Waals surface area contributed by atoms with Gasteiger partial charge in [-0.25, -0.2) is 0 Å². The van der Waals surface area contributed by atoms with Crippen LogP contribution in [0.15, 0.2) is 24.3 Å². The Bertz CT molecular complexity index is 890. The Kier molecular flexibility index (Phi) is 4.81. The first-order valence-corrected chi connectivity index (χ1v) is 12.6. The summed E-state index contributed by atoms with van der Waals surface area (Å²) in [6, 6.07) is 8.45. The predicted molar refractivity (Wildman–Crippen MR) is 119 cm³/mol. The number of carbonyl (C=O) groups excluding carboxylic acids is 1. The van der Waals surface area contributed by atoms with Gasteiger partial charge in [0.1, 0.15) is 11.5 Å². The smallest absolute Gasteiger partial charge is 0.171 e. The summed E-state index contributed by atoms with van der Waals surface area (Å²) in [5, 5.41) is 12.0. The van der Waals surface area contributed by atoms with Crippen LogP contribution in [-0.2, 0) is 14.3 Å². The van der Waals surface area contributed by atoms with E-state index in [2.05, 4.69) is 19.1 Å². The van der Waals surface area contributed by atoms with E-state index in [1.54, 1.807) is 7.11 Å². The number of aliphatic hydroxyl groups is 1. The van der Waals surface area contributed by atoms with Crippen LogP contribution < -0.4 is 4.74 Å². The second-order valence-corrected chi connectivity index (χ2v) is 11.4. The number of hydrogen-bond donors (Lipinski definition) is 1. The van der Waals surface area contributed by atoms with Crippen LogP contribution in [0.5, 0.6) is 5.75 Å². The van der Waals surface area contributed by atoms with Gasteiger partial charge in [-0.1, -0.05) is 19.1 Å². The van der Waals surface area contributed by atoms with Crippen molar-refractivity contribution < 1.29 is 24.1 Å². The van der Waals surface area contributed by atoms with Crippen molar-refractivity contribution in [3.8, 4) is 5.75 Å². The molecule has 7 atom stereocenters. The van der Waals surface area contributed by atoms with Gasteiger partial charge in [0.2, 0.25) is 0 Å². The highest BCUT2D eigenvalue weighted by atomic mass is 16.7. The zero-order chi connectivity index (χ0) is 22.1. The number of Topliss-reactive ketones (excluding diaryl/α,β-unsaturated/α-hetero) is 1. The van der Waals surface area contributed by atoms with E-state index in [9.17, 15) is 9.90 Å². The third kappa shape index (κ3) is 2.97. The van der Waals surface area contributed by atoms with Gasteiger partial charge in [-0.2, -0.15) is 0 Å². The van der Waals surface area contributed by atoms with Crippen LogP contribution in [0.3, 0.4) is 0 Å². The monoisotopic (exact) mass is 440 g/mol. The molecule has 1 saturated heterocycles. The SMILES string of the molecule is COc1ccc([C@H]2C[C@]3(C)C(=O)CC[C@H]3[C@@H]3CC[C@@]4(O)CC5(CC[C@@H]4[C@H]32)OCCO5)cc1. The molecular formula is C27H36O5. The summed E-state index contributed by atoms with van der Waals surface area (Å²) >= 11 is 0. The first-order chi connectivity index (χ1) is 15.4. The molecule has 5 nitrogen and oxygen atoms in total. The van der Waals surface area contributed by atoms with Crippen molar-refractivity contribution in [2.45, 2.75) is 75.6 Å². The third-order valence-corrected chi connectivity index (χ3v) is 10.1. The highest BCUT2D eigenvalue weighted by Crippen LogP contribution is 2.66. The molecule has 1 spiro atoms. The van der Waals surface area contributed by atoms with Crippen molar-refractivity contribution in [3.05, 3.63) is 29.8 Å². The second kappa shape index (κ2) is 7.28. The quantitative estimate of drug-likeness (QED) is 0.735. The lowest BCUT2D eigenvalue weighted by Gasteiger charge is -2.61. The molecule has 5 fully saturated rings. The molecule has 1 aliphatic heterocycles. The molecule has 1 heterocycles. The van der Waals surface area contributed by atoms with Gasteiger partial charge in [0.15, 0.2) is 5.79 Å². The van der Waals surface area contributed by atoms with Crippen molar-refractivity contribution >= 4 is 5.78 Å². The van der Waals surface area contributed by atoms with Crippen LogP contribution in [0, 0.1) is 29.1 Å². The molecule has 0 amide bonds. The molecule has 4 saturated carbocycles. The Morgan fingerprint density at radius 3 is 2.50 bits per heavy atom. The zero-order valence-corrected chi connectivity index (χ0v) is 19.3. The number of carbonyl (C=O) groups is 1. The molecule has 1 aromatic carbocycles. The number of hydrogen-bond acceptors (Lipinski definition) is 5. The molecule has 5 aliphatic rings. The minimum absolute atomic E-state index is 0.227. The maximum absolute atomic E-state index is 13.1. The molecule has 174 valence electrons. The van der Waals surface area contributed by atoms with Crippen LogP contribution in [0.1, 0.15) is 69.8 Å². The van der Waals surface area contributed by atoms with E-state index >= 15 is 0 Å². The average molecular weight is 441 g/mol.